The minimum Gasteiger partial charge on any atom is -0.361 e. The molecule has 0 amide bonds. The highest BCUT2D eigenvalue weighted by atomic mass is 15.1. The van der Waals surface area contributed by atoms with E-state index in [2.05, 4.69) is 53.5 Å². The molecule has 1 aromatic heterocycles. The van der Waals surface area contributed by atoms with E-state index in [1.807, 2.05) is 0 Å². The van der Waals surface area contributed by atoms with Crippen molar-refractivity contribution >= 4 is 16.5 Å². The maximum absolute atomic E-state index is 8.98. The van der Waals surface area contributed by atoms with Crippen molar-refractivity contribution in [2.24, 2.45) is 5.92 Å². The fourth-order valence-electron chi connectivity index (χ4n) is 3.79. The molecule has 0 saturated carbocycles. The molecular weight excluding hydrogens is 246 g/mol. The van der Waals surface area contributed by atoms with Gasteiger partial charge in [-0.25, -0.2) is 0 Å². The third-order valence-electron chi connectivity index (χ3n) is 4.69. The molecular formula is C17H17N3. The normalized spacial score (nSPS) is 25.1. The molecule has 0 saturated heterocycles. The highest BCUT2D eigenvalue weighted by Gasteiger charge is 2.33. The van der Waals surface area contributed by atoms with Gasteiger partial charge in [0.2, 0.25) is 0 Å². The van der Waals surface area contributed by atoms with Crippen LogP contribution < -0.4 is 0 Å². The standard InChI is InChI=1S/C17H17N3/c1-20-10-11(5-6-18)7-14-13-3-2-4-15-17(13)12(9-19-15)8-16(14)20/h2-4,7,9,11,16,19H,5,8,10H2,1H3/t11-,16-/m1/s1. The summed E-state index contributed by atoms with van der Waals surface area (Å²) in [5.41, 5.74) is 5.41. The highest BCUT2D eigenvalue weighted by molar-refractivity contribution is 5.98. The van der Waals surface area contributed by atoms with Gasteiger partial charge in [-0.15, -0.1) is 0 Å². The molecule has 3 nitrogen and oxygen atoms in total. The second kappa shape index (κ2) is 4.22. The number of nitrogens with zero attached hydrogens (tertiary/aromatic N) is 2. The van der Waals surface area contributed by atoms with E-state index < -0.39 is 0 Å². The van der Waals surface area contributed by atoms with Crippen molar-refractivity contribution in [3.05, 3.63) is 41.6 Å². The van der Waals surface area contributed by atoms with Crippen LogP contribution in [0.3, 0.4) is 0 Å². The summed E-state index contributed by atoms with van der Waals surface area (Å²) in [7, 11) is 2.18. The Morgan fingerprint density at radius 3 is 3.20 bits per heavy atom. The third kappa shape index (κ3) is 1.55. The van der Waals surface area contributed by atoms with E-state index in [0.29, 0.717) is 18.4 Å². The molecule has 0 unspecified atom stereocenters. The Morgan fingerprint density at radius 2 is 2.35 bits per heavy atom. The van der Waals surface area contributed by atoms with Gasteiger partial charge in [0.25, 0.3) is 0 Å². The predicted molar refractivity (Wildman–Crippen MR) is 80.1 cm³/mol. The van der Waals surface area contributed by atoms with Gasteiger partial charge in [-0.2, -0.15) is 5.26 Å². The van der Waals surface area contributed by atoms with Crippen LogP contribution >= 0.6 is 0 Å². The molecule has 0 spiro atoms. The van der Waals surface area contributed by atoms with Crippen LogP contribution in [-0.4, -0.2) is 29.5 Å². The van der Waals surface area contributed by atoms with Crippen molar-refractivity contribution < 1.29 is 0 Å². The van der Waals surface area contributed by atoms with Gasteiger partial charge in [-0.1, -0.05) is 18.2 Å². The molecule has 1 aromatic carbocycles. The van der Waals surface area contributed by atoms with Gasteiger partial charge in [-0.05, 0) is 36.2 Å². The number of hydrogen-bond donors (Lipinski definition) is 1. The first kappa shape index (κ1) is 11.7. The summed E-state index contributed by atoms with van der Waals surface area (Å²) in [6.45, 7) is 0.984. The first-order valence-corrected chi connectivity index (χ1v) is 7.16. The zero-order chi connectivity index (χ0) is 13.7. The largest absolute Gasteiger partial charge is 0.361 e. The molecule has 20 heavy (non-hydrogen) atoms. The van der Waals surface area contributed by atoms with Gasteiger partial charge in [0.1, 0.15) is 0 Å². The van der Waals surface area contributed by atoms with E-state index in [9.17, 15) is 0 Å². The molecule has 100 valence electrons. The first-order valence-electron chi connectivity index (χ1n) is 7.16. The SMILES string of the molecule is CN1C[C@H](CC#N)C=C2c3cccc4[nH]cc(c34)C[C@H]21. The Morgan fingerprint density at radius 1 is 1.45 bits per heavy atom. The number of benzene rings is 1. The van der Waals surface area contributed by atoms with E-state index >= 15 is 0 Å². The van der Waals surface area contributed by atoms with Crippen LogP contribution in [0.15, 0.2) is 30.5 Å². The number of H-pyrrole nitrogens is 1. The fourth-order valence-corrected chi connectivity index (χ4v) is 3.79. The van der Waals surface area contributed by atoms with Gasteiger partial charge in [0, 0.05) is 42.0 Å². The third-order valence-corrected chi connectivity index (χ3v) is 4.69. The minimum atomic E-state index is 0.354. The number of likely N-dealkylation sites (N-methyl/N-ethyl adjacent to an activating group) is 1. The number of aromatic nitrogens is 1. The number of nitriles is 1. The van der Waals surface area contributed by atoms with Crippen LogP contribution in [0.1, 0.15) is 17.5 Å². The van der Waals surface area contributed by atoms with E-state index in [0.717, 1.165) is 13.0 Å². The summed E-state index contributed by atoms with van der Waals surface area (Å²) in [5, 5.41) is 10.4. The topological polar surface area (TPSA) is 42.8 Å². The van der Waals surface area contributed by atoms with Crippen LogP contribution in [0.25, 0.3) is 16.5 Å². The molecule has 1 N–H and O–H groups in total. The zero-order valence-electron chi connectivity index (χ0n) is 11.6. The quantitative estimate of drug-likeness (QED) is 0.859. The number of rotatable bonds is 1. The molecule has 0 bridgehead atoms. The number of nitrogens with one attached hydrogen (secondary N) is 1. The highest BCUT2D eigenvalue weighted by Crippen LogP contribution is 2.40. The molecule has 1 aliphatic heterocycles. The van der Waals surface area contributed by atoms with Crippen molar-refractivity contribution in [3.8, 4) is 6.07 Å². The lowest BCUT2D eigenvalue weighted by Crippen LogP contribution is -2.42. The zero-order valence-corrected chi connectivity index (χ0v) is 11.6. The van der Waals surface area contributed by atoms with E-state index in [1.54, 1.807) is 0 Å². The Bertz CT molecular complexity index is 747. The van der Waals surface area contributed by atoms with E-state index in [1.165, 1.54) is 27.6 Å². The van der Waals surface area contributed by atoms with Gasteiger partial charge in [0.05, 0.1) is 6.07 Å². The predicted octanol–water partition coefficient (Wildman–Crippen LogP) is 2.95. The molecule has 4 rings (SSSR count). The van der Waals surface area contributed by atoms with Crippen molar-refractivity contribution in [1.82, 2.24) is 9.88 Å². The molecule has 0 radical (unpaired) electrons. The Labute approximate surface area is 118 Å². The number of hydrogen-bond acceptors (Lipinski definition) is 2. The Hall–Kier alpha value is -2.05. The lowest BCUT2D eigenvalue weighted by Gasteiger charge is -2.39. The molecule has 2 heterocycles. The van der Waals surface area contributed by atoms with Crippen LogP contribution in [-0.2, 0) is 6.42 Å². The van der Waals surface area contributed by atoms with E-state index in [4.69, 9.17) is 5.26 Å². The Kier molecular flexibility index (Phi) is 2.48. The molecule has 2 aliphatic rings. The average Bonchev–Trinajstić information content (AvgIpc) is 2.86. The van der Waals surface area contributed by atoms with Crippen LogP contribution in [0.2, 0.25) is 0 Å². The minimum absolute atomic E-state index is 0.354. The van der Waals surface area contributed by atoms with Gasteiger partial charge < -0.3 is 4.98 Å². The summed E-state index contributed by atoms with van der Waals surface area (Å²) in [6.07, 6.45) is 6.17. The smallest absolute Gasteiger partial charge is 0.0628 e. The lowest BCUT2D eigenvalue weighted by molar-refractivity contribution is 0.246. The number of fused-ring (bicyclic) bond motifs is 2. The van der Waals surface area contributed by atoms with Gasteiger partial charge in [-0.3, -0.25) is 4.90 Å². The maximum atomic E-state index is 8.98. The van der Waals surface area contributed by atoms with Crippen molar-refractivity contribution in [3.63, 3.8) is 0 Å². The Balaban J connectivity index is 1.92. The van der Waals surface area contributed by atoms with Crippen molar-refractivity contribution in [2.75, 3.05) is 13.6 Å². The number of aromatic amines is 1. The second-order valence-electron chi connectivity index (χ2n) is 5.95. The molecule has 0 fully saturated rings. The van der Waals surface area contributed by atoms with Gasteiger partial charge in [0.15, 0.2) is 0 Å². The summed E-state index contributed by atoms with van der Waals surface area (Å²) in [4.78, 5) is 5.79. The van der Waals surface area contributed by atoms with Crippen LogP contribution in [0.4, 0.5) is 0 Å². The fraction of sp³-hybridized carbons (Fsp3) is 0.353. The summed E-state index contributed by atoms with van der Waals surface area (Å²) < 4.78 is 0. The summed E-state index contributed by atoms with van der Waals surface area (Å²) in [6, 6.07) is 9.26. The summed E-state index contributed by atoms with van der Waals surface area (Å²) in [5.74, 6) is 0.354. The van der Waals surface area contributed by atoms with Crippen molar-refractivity contribution in [2.45, 2.75) is 18.9 Å². The molecule has 1 aliphatic carbocycles. The average molecular weight is 263 g/mol. The van der Waals surface area contributed by atoms with E-state index in [-0.39, 0.29) is 0 Å². The van der Waals surface area contributed by atoms with Crippen molar-refractivity contribution in [1.29, 1.82) is 5.26 Å². The van der Waals surface area contributed by atoms with Gasteiger partial charge >= 0.3 is 0 Å². The molecule has 3 heteroatoms. The second-order valence-corrected chi connectivity index (χ2v) is 5.95. The maximum Gasteiger partial charge on any atom is 0.0628 e. The molecule has 2 atom stereocenters. The first-order chi connectivity index (χ1) is 9.78. The molecule has 2 aromatic rings. The lowest BCUT2D eigenvalue weighted by atomic mass is 9.79. The van der Waals surface area contributed by atoms with Crippen LogP contribution in [0, 0.1) is 17.2 Å². The van der Waals surface area contributed by atoms with Crippen LogP contribution in [0.5, 0.6) is 0 Å². The summed E-state index contributed by atoms with van der Waals surface area (Å²) >= 11 is 0. The monoisotopic (exact) mass is 263 g/mol.